The van der Waals surface area contributed by atoms with Crippen LogP contribution in [-0.4, -0.2) is 41.9 Å². The second-order valence-electron chi connectivity index (χ2n) is 8.63. The van der Waals surface area contributed by atoms with Crippen molar-refractivity contribution in [3.8, 4) is 5.75 Å². The molecule has 33 heavy (non-hydrogen) atoms. The normalized spacial score (nSPS) is 14.7. The van der Waals surface area contributed by atoms with Crippen LogP contribution >= 0.6 is 11.6 Å². The minimum atomic E-state index is 0.140. The topological polar surface area (TPSA) is 32.8 Å². The molecule has 5 heteroatoms. The van der Waals surface area contributed by atoms with Crippen LogP contribution in [0.25, 0.3) is 0 Å². The van der Waals surface area contributed by atoms with Gasteiger partial charge in [-0.15, -0.1) is 0 Å². The third-order valence-corrected chi connectivity index (χ3v) is 6.75. The zero-order valence-electron chi connectivity index (χ0n) is 19.1. The van der Waals surface area contributed by atoms with Crippen molar-refractivity contribution < 1.29 is 9.53 Å². The Morgan fingerprint density at radius 3 is 2.27 bits per heavy atom. The maximum Gasteiger partial charge on any atom is 0.227 e. The third-order valence-electron chi connectivity index (χ3n) is 6.38. The molecule has 3 aromatic rings. The number of halogens is 1. The van der Waals surface area contributed by atoms with Crippen molar-refractivity contribution >= 4 is 17.5 Å². The van der Waals surface area contributed by atoms with Gasteiger partial charge < -0.3 is 9.64 Å². The largest absolute Gasteiger partial charge is 0.497 e. The summed E-state index contributed by atoms with van der Waals surface area (Å²) in [5.74, 6) is 0.937. The van der Waals surface area contributed by atoms with Gasteiger partial charge in [-0.05, 0) is 47.7 Å². The second-order valence-corrected chi connectivity index (χ2v) is 9.04. The molecule has 1 aliphatic heterocycles. The molecule has 1 saturated heterocycles. The minimum Gasteiger partial charge on any atom is -0.497 e. The Hall–Kier alpha value is -2.82. The maximum absolute atomic E-state index is 13.5. The number of methoxy groups -OCH3 is 1. The molecule has 4 nitrogen and oxygen atoms in total. The van der Waals surface area contributed by atoms with E-state index in [-0.39, 0.29) is 11.9 Å². The Morgan fingerprint density at radius 2 is 1.61 bits per heavy atom. The maximum atomic E-state index is 13.5. The number of piperidine rings is 1. The molecule has 172 valence electrons. The van der Waals surface area contributed by atoms with Crippen molar-refractivity contribution in [2.45, 2.75) is 38.4 Å². The van der Waals surface area contributed by atoms with E-state index >= 15 is 0 Å². The molecule has 0 saturated carbocycles. The number of hydrogen-bond donors (Lipinski definition) is 0. The fraction of sp³-hybridized carbons (Fsp3) is 0.321. The van der Waals surface area contributed by atoms with E-state index in [1.807, 2.05) is 53.4 Å². The van der Waals surface area contributed by atoms with E-state index in [0.717, 1.165) is 49.4 Å². The summed E-state index contributed by atoms with van der Waals surface area (Å²) in [6.45, 7) is 3.46. The molecule has 0 unspecified atom stereocenters. The van der Waals surface area contributed by atoms with E-state index in [2.05, 4.69) is 35.2 Å². The van der Waals surface area contributed by atoms with E-state index in [9.17, 15) is 4.79 Å². The van der Waals surface area contributed by atoms with E-state index in [4.69, 9.17) is 16.3 Å². The van der Waals surface area contributed by atoms with Crippen molar-refractivity contribution in [3.05, 3.63) is 101 Å². The lowest BCUT2D eigenvalue weighted by Gasteiger charge is -2.39. The van der Waals surface area contributed by atoms with Gasteiger partial charge in [-0.2, -0.15) is 0 Å². The predicted molar refractivity (Wildman–Crippen MR) is 133 cm³/mol. The number of likely N-dealkylation sites (tertiary alicyclic amines) is 1. The molecule has 0 N–H and O–H groups in total. The van der Waals surface area contributed by atoms with Gasteiger partial charge in [0.05, 0.1) is 13.5 Å². The zero-order chi connectivity index (χ0) is 23.0. The summed E-state index contributed by atoms with van der Waals surface area (Å²) < 4.78 is 5.25. The highest BCUT2D eigenvalue weighted by Crippen LogP contribution is 2.25. The number of ether oxygens (including phenoxy) is 1. The summed E-state index contributed by atoms with van der Waals surface area (Å²) in [5.41, 5.74) is 3.32. The third kappa shape index (κ3) is 6.37. The van der Waals surface area contributed by atoms with Gasteiger partial charge in [0.1, 0.15) is 5.75 Å². The highest BCUT2D eigenvalue weighted by atomic mass is 35.5. The number of carbonyl (C=O) groups excluding carboxylic acids is 1. The number of carbonyl (C=O) groups is 1. The number of hydrogen-bond acceptors (Lipinski definition) is 3. The van der Waals surface area contributed by atoms with Crippen molar-refractivity contribution in [2.75, 3.05) is 20.2 Å². The second kappa shape index (κ2) is 11.4. The molecule has 0 aromatic heterocycles. The Morgan fingerprint density at radius 1 is 0.939 bits per heavy atom. The SMILES string of the molecule is COc1ccc(CC(=O)N(Cc2ccccc2Cl)C2CCN(Cc3ccccc3)CC2)cc1. The first-order valence-corrected chi connectivity index (χ1v) is 11.9. The summed E-state index contributed by atoms with van der Waals surface area (Å²) in [7, 11) is 1.65. The van der Waals surface area contributed by atoms with Gasteiger partial charge >= 0.3 is 0 Å². The molecule has 3 aromatic carbocycles. The highest BCUT2D eigenvalue weighted by molar-refractivity contribution is 6.31. The van der Waals surface area contributed by atoms with Gasteiger partial charge in [-0.1, -0.05) is 72.3 Å². The average Bonchev–Trinajstić information content (AvgIpc) is 2.85. The van der Waals surface area contributed by atoms with Gasteiger partial charge in [-0.25, -0.2) is 0 Å². The summed E-state index contributed by atoms with van der Waals surface area (Å²) in [6, 6.07) is 26.3. The number of nitrogens with zero attached hydrogens (tertiary/aromatic N) is 2. The van der Waals surface area contributed by atoms with Crippen molar-refractivity contribution in [3.63, 3.8) is 0 Å². The lowest BCUT2D eigenvalue weighted by Crippen LogP contribution is -2.47. The van der Waals surface area contributed by atoms with Crippen LogP contribution in [0.3, 0.4) is 0 Å². The zero-order valence-corrected chi connectivity index (χ0v) is 19.9. The van der Waals surface area contributed by atoms with Gasteiger partial charge in [0, 0.05) is 37.2 Å². The standard InChI is InChI=1S/C28H31ClN2O2/c1-33-26-13-11-22(12-14-26)19-28(32)31(21-24-9-5-6-10-27(24)29)25-15-17-30(18-16-25)20-23-7-3-2-4-8-23/h2-14,25H,15-21H2,1H3. The first-order valence-electron chi connectivity index (χ1n) is 11.5. The molecule has 1 heterocycles. The summed E-state index contributed by atoms with van der Waals surface area (Å²) in [6.07, 6.45) is 2.30. The Bertz CT molecular complexity index is 1030. The molecule has 1 aliphatic rings. The molecule has 0 atom stereocenters. The van der Waals surface area contributed by atoms with Crippen LogP contribution in [0.15, 0.2) is 78.9 Å². The van der Waals surface area contributed by atoms with Gasteiger partial charge in [0.2, 0.25) is 5.91 Å². The Balaban J connectivity index is 1.45. The van der Waals surface area contributed by atoms with E-state index in [1.165, 1.54) is 5.56 Å². The van der Waals surface area contributed by atoms with Crippen LogP contribution < -0.4 is 4.74 Å². The molecule has 1 amide bonds. The van der Waals surface area contributed by atoms with E-state index in [1.54, 1.807) is 7.11 Å². The van der Waals surface area contributed by atoms with E-state index in [0.29, 0.717) is 18.0 Å². The van der Waals surface area contributed by atoms with Crippen LogP contribution in [-0.2, 0) is 24.3 Å². The molecule has 1 fully saturated rings. The van der Waals surface area contributed by atoms with Crippen molar-refractivity contribution in [1.29, 1.82) is 0 Å². The fourth-order valence-electron chi connectivity index (χ4n) is 4.48. The molecule has 4 rings (SSSR count). The lowest BCUT2D eigenvalue weighted by atomic mass is 10.00. The number of rotatable bonds is 8. The Kier molecular flexibility index (Phi) is 8.03. The monoisotopic (exact) mass is 462 g/mol. The number of benzene rings is 3. The smallest absolute Gasteiger partial charge is 0.227 e. The first-order chi connectivity index (χ1) is 16.1. The first kappa shape index (κ1) is 23.3. The lowest BCUT2D eigenvalue weighted by molar-refractivity contribution is -0.134. The van der Waals surface area contributed by atoms with Crippen LogP contribution in [0.2, 0.25) is 5.02 Å². The minimum absolute atomic E-state index is 0.140. The van der Waals surface area contributed by atoms with Crippen molar-refractivity contribution in [2.24, 2.45) is 0 Å². The van der Waals surface area contributed by atoms with Gasteiger partial charge in [0.15, 0.2) is 0 Å². The predicted octanol–water partition coefficient (Wildman–Crippen LogP) is 5.58. The quantitative estimate of drug-likeness (QED) is 0.437. The molecule has 0 radical (unpaired) electrons. The van der Waals surface area contributed by atoms with Crippen LogP contribution in [0.5, 0.6) is 5.75 Å². The summed E-state index contributed by atoms with van der Waals surface area (Å²) in [5, 5.41) is 0.710. The van der Waals surface area contributed by atoms with E-state index < -0.39 is 0 Å². The molecule has 0 bridgehead atoms. The van der Waals surface area contributed by atoms with Crippen LogP contribution in [0, 0.1) is 0 Å². The summed E-state index contributed by atoms with van der Waals surface area (Å²) in [4.78, 5) is 18.0. The van der Waals surface area contributed by atoms with Crippen LogP contribution in [0.1, 0.15) is 29.5 Å². The average molecular weight is 463 g/mol. The fourth-order valence-corrected chi connectivity index (χ4v) is 4.68. The molecular weight excluding hydrogens is 432 g/mol. The summed E-state index contributed by atoms with van der Waals surface area (Å²) >= 11 is 6.46. The van der Waals surface area contributed by atoms with Crippen LogP contribution in [0.4, 0.5) is 0 Å². The Labute approximate surface area is 201 Å². The highest BCUT2D eigenvalue weighted by Gasteiger charge is 2.28. The van der Waals surface area contributed by atoms with Gasteiger partial charge in [0.25, 0.3) is 0 Å². The van der Waals surface area contributed by atoms with Crippen molar-refractivity contribution in [1.82, 2.24) is 9.80 Å². The number of amides is 1. The molecule has 0 spiro atoms. The van der Waals surface area contributed by atoms with Gasteiger partial charge in [-0.3, -0.25) is 9.69 Å². The molecular formula is C28H31ClN2O2. The molecule has 0 aliphatic carbocycles.